The van der Waals surface area contributed by atoms with Crippen molar-refractivity contribution in [2.24, 2.45) is 5.73 Å². The molecule has 0 aromatic heterocycles. The van der Waals surface area contributed by atoms with Crippen molar-refractivity contribution in [2.45, 2.75) is 19.4 Å². The fourth-order valence-electron chi connectivity index (χ4n) is 1.15. The summed E-state index contributed by atoms with van der Waals surface area (Å²) in [7, 11) is 0. The zero-order valence-corrected chi connectivity index (χ0v) is 10.6. The van der Waals surface area contributed by atoms with E-state index in [2.05, 4.69) is 21.2 Å². The van der Waals surface area contributed by atoms with Gasteiger partial charge in [0.25, 0.3) is 5.91 Å². The molecule has 0 bridgehead atoms. The SMILES string of the molecule is CCC(N)CNC(=O)c1cc(Br)ccc1O. The predicted octanol–water partition coefficient (Wildman–Crippen LogP) is 1.62. The molecule has 1 amide bonds. The third-order valence-electron chi connectivity index (χ3n) is 2.25. The number of halogens is 1. The van der Waals surface area contributed by atoms with Crippen LogP contribution in [-0.4, -0.2) is 23.6 Å². The van der Waals surface area contributed by atoms with Crippen LogP contribution in [0.5, 0.6) is 5.75 Å². The first-order valence-electron chi connectivity index (χ1n) is 5.07. The smallest absolute Gasteiger partial charge is 0.255 e. The summed E-state index contributed by atoms with van der Waals surface area (Å²) in [5, 5.41) is 12.2. The summed E-state index contributed by atoms with van der Waals surface area (Å²) in [6, 6.07) is 4.66. The number of nitrogens with two attached hydrogens (primary N) is 1. The number of amides is 1. The van der Waals surface area contributed by atoms with Crippen LogP contribution in [0.3, 0.4) is 0 Å². The van der Waals surface area contributed by atoms with Crippen molar-refractivity contribution in [1.29, 1.82) is 0 Å². The summed E-state index contributed by atoms with van der Waals surface area (Å²) in [5.74, 6) is -0.353. The Kier molecular flexibility index (Phi) is 4.76. The second-order valence-corrected chi connectivity index (χ2v) is 4.46. The molecule has 1 rings (SSSR count). The number of hydrogen-bond acceptors (Lipinski definition) is 3. The number of phenols is 1. The van der Waals surface area contributed by atoms with Gasteiger partial charge in [0.05, 0.1) is 5.56 Å². The van der Waals surface area contributed by atoms with E-state index >= 15 is 0 Å². The average molecular weight is 287 g/mol. The number of phenolic OH excluding ortho intramolecular Hbond substituents is 1. The quantitative estimate of drug-likeness (QED) is 0.787. The van der Waals surface area contributed by atoms with Gasteiger partial charge in [-0.05, 0) is 24.6 Å². The molecular weight excluding hydrogens is 272 g/mol. The molecule has 1 atom stereocenters. The molecule has 0 fully saturated rings. The Bertz CT molecular complexity index is 382. The molecule has 0 spiro atoms. The maximum Gasteiger partial charge on any atom is 0.255 e. The maximum atomic E-state index is 11.7. The van der Waals surface area contributed by atoms with E-state index in [0.29, 0.717) is 6.54 Å². The molecule has 0 aliphatic rings. The Morgan fingerprint density at radius 3 is 2.94 bits per heavy atom. The van der Waals surface area contributed by atoms with E-state index in [4.69, 9.17) is 5.73 Å². The molecule has 4 N–H and O–H groups in total. The fraction of sp³-hybridized carbons (Fsp3) is 0.364. The lowest BCUT2D eigenvalue weighted by atomic mass is 10.2. The molecule has 0 aliphatic carbocycles. The molecule has 1 aromatic rings. The first-order chi connectivity index (χ1) is 7.54. The molecule has 1 aromatic carbocycles. The Labute approximate surface area is 103 Å². The first kappa shape index (κ1) is 13.0. The van der Waals surface area contributed by atoms with Gasteiger partial charge < -0.3 is 16.2 Å². The van der Waals surface area contributed by atoms with Crippen molar-refractivity contribution < 1.29 is 9.90 Å². The van der Waals surface area contributed by atoms with Gasteiger partial charge in [-0.3, -0.25) is 4.79 Å². The lowest BCUT2D eigenvalue weighted by Gasteiger charge is -2.11. The zero-order valence-electron chi connectivity index (χ0n) is 9.03. The van der Waals surface area contributed by atoms with Gasteiger partial charge in [-0.1, -0.05) is 22.9 Å². The lowest BCUT2D eigenvalue weighted by molar-refractivity contribution is 0.0948. The fourth-order valence-corrected chi connectivity index (χ4v) is 1.51. The predicted molar refractivity (Wildman–Crippen MR) is 66.4 cm³/mol. The van der Waals surface area contributed by atoms with Crippen LogP contribution >= 0.6 is 15.9 Å². The molecule has 4 nitrogen and oxygen atoms in total. The minimum absolute atomic E-state index is 0.0363. The summed E-state index contributed by atoms with van der Waals surface area (Å²) in [4.78, 5) is 11.7. The van der Waals surface area contributed by atoms with Gasteiger partial charge in [-0.15, -0.1) is 0 Å². The van der Waals surface area contributed by atoms with Gasteiger partial charge in [-0.25, -0.2) is 0 Å². The number of rotatable bonds is 4. The second-order valence-electron chi connectivity index (χ2n) is 3.54. The highest BCUT2D eigenvalue weighted by Crippen LogP contribution is 2.21. The molecular formula is C11H15BrN2O2. The number of benzene rings is 1. The topological polar surface area (TPSA) is 75.3 Å². The third kappa shape index (κ3) is 3.50. The molecule has 88 valence electrons. The Morgan fingerprint density at radius 2 is 2.31 bits per heavy atom. The van der Waals surface area contributed by atoms with E-state index in [9.17, 15) is 9.90 Å². The number of carbonyl (C=O) groups is 1. The van der Waals surface area contributed by atoms with Crippen LogP contribution in [0.2, 0.25) is 0 Å². The summed E-state index contributed by atoms with van der Waals surface area (Å²) < 4.78 is 0.746. The van der Waals surface area contributed by atoms with Crippen molar-refractivity contribution in [3.05, 3.63) is 28.2 Å². The standard InChI is InChI=1S/C11H15BrN2O2/c1-2-8(13)6-14-11(16)9-5-7(12)3-4-10(9)15/h3-5,8,15H,2,6,13H2,1H3,(H,14,16). The van der Waals surface area contributed by atoms with Crippen LogP contribution in [0, 0.1) is 0 Å². The van der Waals surface area contributed by atoms with Crippen molar-refractivity contribution in [3.8, 4) is 5.75 Å². The van der Waals surface area contributed by atoms with Crippen LogP contribution in [0.4, 0.5) is 0 Å². The van der Waals surface area contributed by atoms with Crippen LogP contribution in [0.1, 0.15) is 23.7 Å². The molecule has 0 aliphatic heterocycles. The summed E-state index contributed by atoms with van der Waals surface area (Å²) in [6.07, 6.45) is 0.796. The minimum atomic E-state index is -0.317. The Hall–Kier alpha value is -1.07. The first-order valence-corrected chi connectivity index (χ1v) is 5.86. The van der Waals surface area contributed by atoms with E-state index in [1.165, 1.54) is 6.07 Å². The molecule has 16 heavy (non-hydrogen) atoms. The number of hydrogen-bond donors (Lipinski definition) is 3. The third-order valence-corrected chi connectivity index (χ3v) is 2.75. The molecule has 0 saturated carbocycles. The van der Waals surface area contributed by atoms with Crippen LogP contribution < -0.4 is 11.1 Å². The summed E-state index contributed by atoms with van der Waals surface area (Å²) >= 11 is 3.24. The molecule has 0 heterocycles. The van der Waals surface area contributed by atoms with Gasteiger partial charge in [0, 0.05) is 17.1 Å². The maximum absolute atomic E-state index is 11.7. The van der Waals surface area contributed by atoms with Gasteiger partial charge >= 0.3 is 0 Å². The molecule has 0 saturated heterocycles. The molecule has 5 heteroatoms. The van der Waals surface area contributed by atoms with Gasteiger partial charge in [0.1, 0.15) is 5.75 Å². The van der Waals surface area contributed by atoms with Crippen LogP contribution in [0.25, 0.3) is 0 Å². The van der Waals surface area contributed by atoms with E-state index in [-0.39, 0.29) is 23.3 Å². The van der Waals surface area contributed by atoms with Crippen molar-refractivity contribution >= 4 is 21.8 Å². The highest BCUT2D eigenvalue weighted by molar-refractivity contribution is 9.10. The minimum Gasteiger partial charge on any atom is -0.507 e. The second kappa shape index (κ2) is 5.86. The largest absolute Gasteiger partial charge is 0.507 e. The van der Waals surface area contributed by atoms with E-state index in [1.807, 2.05) is 6.92 Å². The Morgan fingerprint density at radius 1 is 1.62 bits per heavy atom. The normalized spacial score (nSPS) is 12.2. The van der Waals surface area contributed by atoms with Gasteiger partial charge in [0.15, 0.2) is 0 Å². The van der Waals surface area contributed by atoms with Gasteiger partial charge in [0.2, 0.25) is 0 Å². The molecule has 1 unspecified atom stereocenters. The van der Waals surface area contributed by atoms with Gasteiger partial charge in [-0.2, -0.15) is 0 Å². The Balaban J connectivity index is 2.69. The van der Waals surface area contributed by atoms with Crippen molar-refractivity contribution in [2.75, 3.05) is 6.54 Å². The van der Waals surface area contributed by atoms with Crippen molar-refractivity contribution in [1.82, 2.24) is 5.32 Å². The number of carbonyl (C=O) groups excluding carboxylic acids is 1. The highest BCUT2D eigenvalue weighted by Gasteiger charge is 2.11. The van der Waals surface area contributed by atoms with E-state index in [1.54, 1.807) is 12.1 Å². The van der Waals surface area contributed by atoms with E-state index < -0.39 is 0 Å². The summed E-state index contributed by atoms with van der Waals surface area (Å²) in [6.45, 7) is 2.36. The van der Waals surface area contributed by atoms with Crippen LogP contribution in [-0.2, 0) is 0 Å². The number of aromatic hydroxyl groups is 1. The van der Waals surface area contributed by atoms with E-state index in [0.717, 1.165) is 10.9 Å². The summed E-state index contributed by atoms with van der Waals surface area (Å²) in [5.41, 5.74) is 5.93. The average Bonchev–Trinajstić information content (AvgIpc) is 2.28. The number of nitrogens with one attached hydrogen (secondary N) is 1. The highest BCUT2D eigenvalue weighted by atomic mass is 79.9. The molecule has 0 radical (unpaired) electrons. The van der Waals surface area contributed by atoms with Crippen LogP contribution in [0.15, 0.2) is 22.7 Å². The lowest BCUT2D eigenvalue weighted by Crippen LogP contribution is -2.36. The zero-order chi connectivity index (χ0) is 12.1. The van der Waals surface area contributed by atoms with Crippen molar-refractivity contribution in [3.63, 3.8) is 0 Å². The monoisotopic (exact) mass is 286 g/mol.